The molecule has 1 aliphatic rings. The van der Waals surface area contributed by atoms with Crippen molar-refractivity contribution in [1.82, 2.24) is 0 Å². The van der Waals surface area contributed by atoms with E-state index in [9.17, 15) is 0 Å². The third-order valence-electron chi connectivity index (χ3n) is 2.50. The van der Waals surface area contributed by atoms with Crippen molar-refractivity contribution in [2.24, 2.45) is 5.92 Å². The van der Waals surface area contributed by atoms with Gasteiger partial charge in [0.05, 0.1) is 6.10 Å². The average Bonchev–Trinajstić information content (AvgIpc) is 2.04. The standard InChI is InChI=1S/C9H18O/c1-3-8-6-5-7-10-9(8)4-2/h8-9H,3-7H2,1-2H3/t8-,9-/m0/s1. The minimum Gasteiger partial charge on any atom is -0.378 e. The van der Waals surface area contributed by atoms with Crippen molar-refractivity contribution in [3.8, 4) is 0 Å². The van der Waals surface area contributed by atoms with E-state index in [4.69, 9.17) is 4.74 Å². The Bertz CT molecular complexity index is 78.7. The minimum atomic E-state index is 0.568. The topological polar surface area (TPSA) is 9.23 Å². The van der Waals surface area contributed by atoms with E-state index in [1.54, 1.807) is 0 Å². The largest absolute Gasteiger partial charge is 0.378 e. The SMILES string of the molecule is CC[C@H]1CCCO[C@H]1CC. The molecule has 0 aromatic carbocycles. The Labute approximate surface area is 63.8 Å². The Hall–Kier alpha value is -0.0400. The van der Waals surface area contributed by atoms with Gasteiger partial charge in [-0.2, -0.15) is 0 Å². The van der Waals surface area contributed by atoms with Crippen LogP contribution in [0.4, 0.5) is 0 Å². The summed E-state index contributed by atoms with van der Waals surface area (Å²) in [4.78, 5) is 0. The maximum absolute atomic E-state index is 5.63. The zero-order valence-electron chi connectivity index (χ0n) is 7.10. The van der Waals surface area contributed by atoms with Crippen molar-refractivity contribution in [2.75, 3.05) is 6.61 Å². The van der Waals surface area contributed by atoms with Crippen LogP contribution in [-0.4, -0.2) is 12.7 Å². The smallest absolute Gasteiger partial charge is 0.0600 e. The summed E-state index contributed by atoms with van der Waals surface area (Å²) < 4.78 is 5.63. The van der Waals surface area contributed by atoms with Gasteiger partial charge >= 0.3 is 0 Å². The molecule has 60 valence electrons. The zero-order valence-corrected chi connectivity index (χ0v) is 7.10. The second-order valence-corrected chi connectivity index (χ2v) is 3.13. The maximum Gasteiger partial charge on any atom is 0.0600 e. The minimum absolute atomic E-state index is 0.568. The second-order valence-electron chi connectivity index (χ2n) is 3.13. The first-order valence-electron chi connectivity index (χ1n) is 4.50. The molecule has 1 heteroatoms. The van der Waals surface area contributed by atoms with Crippen molar-refractivity contribution in [3.63, 3.8) is 0 Å². The molecule has 1 saturated heterocycles. The molecular formula is C9H18O. The molecule has 0 spiro atoms. The lowest BCUT2D eigenvalue weighted by Crippen LogP contribution is -2.28. The van der Waals surface area contributed by atoms with Crippen LogP contribution < -0.4 is 0 Å². The second kappa shape index (κ2) is 3.97. The molecule has 10 heavy (non-hydrogen) atoms. The molecule has 2 atom stereocenters. The van der Waals surface area contributed by atoms with Crippen LogP contribution in [0.15, 0.2) is 0 Å². The van der Waals surface area contributed by atoms with E-state index in [-0.39, 0.29) is 0 Å². The van der Waals surface area contributed by atoms with Gasteiger partial charge in [-0.15, -0.1) is 0 Å². The molecular weight excluding hydrogens is 124 g/mol. The summed E-state index contributed by atoms with van der Waals surface area (Å²) in [6, 6.07) is 0. The molecule has 0 aromatic heterocycles. The van der Waals surface area contributed by atoms with Gasteiger partial charge in [0.25, 0.3) is 0 Å². The predicted molar refractivity (Wildman–Crippen MR) is 43.0 cm³/mol. The lowest BCUT2D eigenvalue weighted by atomic mass is 9.90. The number of rotatable bonds is 2. The number of hydrogen-bond donors (Lipinski definition) is 0. The first kappa shape index (κ1) is 8.06. The van der Waals surface area contributed by atoms with Crippen LogP contribution in [0, 0.1) is 5.92 Å². The fourth-order valence-electron chi connectivity index (χ4n) is 1.82. The lowest BCUT2D eigenvalue weighted by Gasteiger charge is -2.30. The van der Waals surface area contributed by atoms with E-state index in [1.165, 1.54) is 25.7 Å². The monoisotopic (exact) mass is 142 g/mol. The van der Waals surface area contributed by atoms with Gasteiger partial charge < -0.3 is 4.74 Å². The van der Waals surface area contributed by atoms with Crippen molar-refractivity contribution in [3.05, 3.63) is 0 Å². The molecule has 0 amide bonds. The predicted octanol–water partition coefficient (Wildman–Crippen LogP) is 2.60. The summed E-state index contributed by atoms with van der Waals surface area (Å²) in [5.74, 6) is 0.846. The normalized spacial score (nSPS) is 34.2. The molecule has 0 N–H and O–H groups in total. The van der Waals surface area contributed by atoms with Crippen LogP contribution in [0.3, 0.4) is 0 Å². The fourth-order valence-corrected chi connectivity index (χ4v) is 1.82. The Balaban J connectivity index is 2.34. The molecule has 0 radical (unpaired) electrons. The molecule has 0 aromatic rings. The molecule has 1 fully saturated rings. The maximum atomic E-state index is 5.63. The van der Waals surface area contributed by atoms with E-state index < -0.39 is 0 Å². The van der Waals surface area contributed by atoms with Crippen LogP contribution in [0.25, 0.3) is 0 Å². The molecule has 1 nitrogen and oxygen atoms in total. The quantitative estimate of drug-likeness (QED) is 0.576. The van der Waals surface area contributed by atoms with Gasteiger partial charge in [-0.25, -0.2) is 0 Å². The Kier molecular flexibility index (Phi) is 3.20. The van der Waals surface area contributed by atoms with Gasteiger partial charge in [0.2, 0.25) is 0 Å². The highest BCUT2D eigenvalue weighted by molar-refractivity contribution is 4.71. The average molecular weight is 142 g/mol. The molecule has 0 unspecified atom stereocenters. The first-order chi connectivity index (χ1) is 4.88. The van der Waals surface area contributed by atoms with Gasteiger partial charge in [-0.05, 0) is 25.2 Å². The zero-order chi connectivity index (χ0) is 7.40. The van der Waals surface area contributed by atoms with Crippen LogP contribution in [0.5, 0.6) is 0 Å². The molecule has 1 aliphatic heterocycles. The third kappa shape index (κ3) is 1.72. The highest BCUT2D eigenvalue weighted by atomic mass is 16.5. The van der Waals surface area contributed by atoms with Crippen LogP contribution >= 0.6 is 0 Å². The summed E-state index contributed by atoms with van der Waals surface area (Å²) in [6.45, 7) is 5.48. The highest BCUT2D eigenvalue weighted by Crippen LogP contribution is 2.25. The summed E-state index contributed by atoms with van der Waals surface area (Å²) in [5.41, 5.74) is 0. The van der Waals surface area contributed by atoms with Crippen LogP contribution in [-0.2, 0) is 4.74 Å². The van der Waals surface area contributed by atoms with Crippen LogP contribution in [0.2, 0.25) is 0 Å². The Morgan fingerprint density at radius 3 is 2.60 bits per heavy atom. The Morgan fingerprint density at radius 1 is 1.30 bits per heavy atom. The summed E-state index contributed by atoms with van der Waals surface area (Å²) >= 11 is 0. The number of ether oxygens (including phenoxy) is 1. The molecule has 0 saturated carbocycles. The fraction of sp³-hybridized carbons (Fsp3) is 1.00. The van der Waals surface area contributed by atoms with Gasteiger partial charge in [0.1, 0.15) is 0 Å². The van der Waals surface area contributed by atoms with Crippen LogP contribution in [0.1, 0.15) is 39.5 Å². The van der Waals surface area contributed by atoms with E-state index >= 15 is 0 Å². The molecule has 1 heterocycles. The van der Waals surface area contributed by atoms with Gasteiger partial charge in [0.15, 0.2) is 0 Å². The highest BCUT2D eigenvalue weighted by Gasteiger charge is 2.21. The van der Waals surface area contributed by atoms with Crippen molar-refractivity contribution in [1.29, 1.82) is 0 Å². The van der Waals surface area contributed by atoms with Gasteiger partial charge in [0, 0.05) is 6.61 Å². The number of hydrogen-bond acceptors (Lipinski definition) is 1. The first-order valence-corrected chi connectivity index (χ1v) is 4.50. The summed E-state index contributed by atoms with van der Waals surface area (Å²) in [7, 11) is 0. The molecule has 0 bridgehead atoms. The van der Waals surface area contributed by atoms with E-state index in [0.717, 1.165) is 12.5 Å². The molecule has 1 rings (SSSR count). The van der Waals surface area contributed by atoms with Crippen molar-refractivity contribution in [2.45, 2.75) is 45.6 Å². The summed E-state index contributed by atoms with van der Waals surface area (Å²) in [5, 5.41) is 0. The Morgan fingerprint density at radius 2 is 2.10 bits per heavy atom. The van der Waals surface area contributed by atoms with E-state index in [2.05, 4.69) is 13.8 Å². The third-order valence-corrected chi connectivity index (χ3v) is 2.50. The van der Waals surface area contributed by atoms with Crippen molar-refractivity contribution < 1.29 is 4.74 Å². The van der Waals surface area contributed by atoms with E-state index in [1.807, 2.05) is 0 Å². The van der Waals surface area contributed by atoms with Gasteiger partial charge in [-0.3, -0.25) is 0 Å². The van der Waals surface area contributed by atoms with Gasteiger partial charge in [-0.1, -0.05) is 20.3 Å². The van der Waals surface area contributed by atoms with E-state index in [0.29, 0.717) is 6.10 Å². The molecule has 0 aliphatic carbocycles. The summed E-state index contributed by atoms with van der Waals surface area (Å²) in [6.07, 6.45) is 5.71. The van der Waals surface area contributed by atoms with Crippen molar-refractivity contribution >= 4 is 0 Å². The lowest BCUT2D eigenvalue weighted by molar-refractivity contribution is -0.0290.